The van der Waals surface area contributed by atoms with Crippen LogP contribution in [0.1, 0.15) is 29.6 Å². The molecular formula is C12H13ClN4O4. The van der Waals surface area contributed by atoms with E-state index in [0.717, 1.165) is 12.8 Å². The van der Waals surface area contributed by atoms with Crippen molar-refractivity contribution in [2.24, 2.45) is 0 Å². The molecule has 2 amide bonds. The second kappa shape index (κ2) is 6.49. The SMILES string of the molecule is O=C(NC1CCCCNC1=O)c1ccnc(Cl)c1[N+](=O)[O-]. The third-order valence-corrected chi connectivity index (χ3v) is 3.42. The Kier molecular flexibility index (Phi) is 4.69. The van der Waals surface area contributed by atoms with Crippen LogP contribution in [0.15, 0.2) is 12.3 Å². The highest BCUT2D eigenvalue weighted by Crippen LogP contribution is 2.26. The lowest BCUT2D eigenvalue weighted by molar-refractivity contribution is -0.385. The van der Waals surface area contributed by atoms with E-state index in [-0.39, 0.29) is 16.6 Å². The molecule has 2 rings (SSSR count). The Morgan fingerprint density at radius 1 is 1.52 bits per heavy atom. The van der Waals surface area contributed by atoms with E-state index in [1.807, 2.05) is 0 Å². The van der Waals surface area contributed by atoms with E-state index in [0.29, 0.717) is 13.0 Å². The van der Waals surface area contributed by atoms with Crippen LogP contribution in [0, 0.1) is 10.1 Å². The highest BCUT2D eigenvalue weighted by atomic mass is 35.5. The van der Waals surface area contributed by atoms with Gasteiger partial charge in [-0.05, 0) is 25.3 Å². The Morgan fingerprint density at radius 2 is 2.29 bits per heavy atom. The van der Waals surface area contributed by atoms with E-state index in [2.05, 4.69) is 15.6 Å². The van der Waals surface area contributed by atoms with E-state index in [4.69, 9.17) is 11.6 Å². The smallest absolute Gasteiger partial charge is 0.319 e. The van der Waals surface area contributed by atoms with Crippen molar-refractivity contribution < 1.29 is 14.5 Å². The first-order chi connectivity index (χ1) is 10.0. The van der Waals surface area contributed by atoms with Crippen LogP contribution < -0.4 is 10.6 Å². The van der Waals surface area contributed by atoms with E-state index < -0.39 is 22.6 Å². The van der Waals surface area contributed by atoms with Gasteiger partial charge in [0.25, 0.3) is 5.91 Å². The summed E-state index contributed by atoms with van der Waals surface area (Å²) in [7, 11) is 0. The molecular weight excluding hydrogens is 300 g/mol. The van der Waals surface area contributed by atoms with Crippen molar-refractivity contribution in [2.75, 3.05) is 6.54 Å². The minimum absolute atomic E-state index is 0.211. The van der Waals surface area contributed by atoms with Gasteiger partial charge in [-0.15, -0.1) is 0 Å². The van der Waals surface area contributed by atoms with E-state index in [9.17, 15) is 19.7 Å². The van der Waals surface area contributed by atoms with Gasteiger partial charge in [0.1, 0.15) is 11.6 Å². The molecule has 1 fully saturated rings. The molecule has 21 heavy (non-hydrogen) atoms. The summed E-state index contributed by atoms with van der Waals surface area (Å²) in [6.07, 6.45) is 3.31. The first kappa shape index (κ1) is 15.2. The van der Waals surface area contributed by atoms with Gasteiger partial charge in [0, 0.05) is 12.7 Å². The van der Waals surface area contributed by atoms with Crippen LogP contribution in [-0.2, 0) is 4.79 Å². The van der Waals surface area contributed by atoms with Gasteiger partial charge in [0.2, 0.25) is 11.1 Å². The molecule has 1 aromatic heterocycles. The molecule has 2 heterocycles. The number of nitro groups is 1. The van der Waals surface area contributed by atoms with Crippen LogP contribution in [0.2, 0.25) is 5.15 Å². The van der Waals surface area contributed by atoms with Gasteiger partial charge >= 0.3 is 5.69 Å². The lowest BCUT2D eigenvalue weighted by Gasteiger charge is -2.15. The summed E-state index contributed by atoms with van der Waals surface area (Å²) in [4.78, 5) is 37.7. The van der Waals surface area contributed by atoms with Crippen LogP contribution >= 0.6 is 11.6 Å². The fourth-order valence-electron chi connectivity index (χ4n) is 2.10. The Bertz CT molecular complexity index is 593. The molecule has 9 heteroatoms. The molecule has 1 unspecified atom stereocenters. The van der Waals surface area contributed by atoms with Crippen LogP contribution in [0.4, 0.5) is 5.69 Å². The minimum atomic E-state index is -0.766. The van der Waals surface area contributed by atoms with Crippen molar-refractivity contribution in [3.8, 4) is 0 Å². The number of carbonyl (C=O) groups is 2. The highest BCUT2D eigenvalue weighted by Gasteiger charge is 2.28. The van der Waals surface area contributed by atoms with Crippen LogP contribution in [0.3, 0.4) is 0 Å². The molecule has 8 nitrogen and oxygen atoms in total. The number of rotatable bonds is 3. The third-order valence-electron chi connectivity index (χ3n) is 3.15. The molecule has 0 bridgehead atoms. The zero-order valence-electron chi connectivity index (χ0n) is 11.0. The van der Waals surface area contributed by atoms with Gasteiger partial charge in [0.15, 0.2) is 0 Å². The van der Waals surface area contributed by atoms with Gasteiger partial charge in [-0.25, -0.2) is 4.98 Å². The Balaban J connectivity index is 2.22. The number of carbonyl (C=O) groups excluding carboxylic acids is 2. The molecule has 0 aliphatic carbocycles. The summed E-state index contributed by atoms with van der Waals surface area (Å²) in [6, 6.07) is 0.500. The number of nitrogens with zero attached hydrogens (tertiary/aromatic N) is 2. The summed E-state index contributed by atoms with van der Waals surface area (Å²) >= 11 is 5.65. The predicted octanol–water partition coefficient (Wildman–Crippen LogP) is 1.04. The number of nitrogens with one attached hydrogen (secondary N) is 2. The van der Waals surface area contributed by atoms with Crippen molar-refractivity contribution in [1.82, 2.24) is 15.6 Å². The number of hydrogen-bond acceptors (Lipinski definition) is 5. The largest absolute Gasteiger partial charge is 0.354 e. The topological polar surface area (TPSA) is 114 Å². The molecule has 1 aliphatic rings. The normalized spacial score (nSPS) is 18.5. The fraction of sp³-hybridized carbons (Fsp3) is 0.417. The van der Waals surface area contributed by atoms with Gasteiger partial charge in [-0.3, -0.25) is 19.7 Å². The molecule has 1 atom stereocenters. The monoisotopic (exact) mass is 312 g/mol. The summed E-state index contributed by atoms with van der Waals surface area (Å²) in [5.74, 6) is -1.00. The zero-order chi connectivity index (χ0) is 15.4. The van der Waals surface area contributed by atoms with Crippen LogP contribution in [0.5, 0.6) is 0 Å². The average molecular weight is 313 g/mol. The molecule has 1 saturated heterocycles. The molecule has 1 aliphatic heterocycles. The quantitative estimate of drug-likeness (QED) is 0.491. The molecule has 1 aromatic rings. The van der Waals surface area contributed by atoms with Gasteiger partial charge in [-0.1, -0.05) is 11.6 Å². The second-order valence-corrected chi connectivity index (χ2v) is 4.93. The van der Waals surface area contributed by atoms with E-state index >= 15 is 0 Å². The second-order valence-electron chi connectivity index (χ2n) is 4.57. The maximum absolute atomic E-state index is 12.2. The third kappa shape index (κ3) is 3.46. The predicted molar refractivity (Wildman–Crippen MR) is 74.0 cm³/mol. The number of hydrogen-bond donors (Lipinski definition) is 2. The van der Waals surface area contributed by atoms with E-state index in [1.165, 1.54) is 12.3 Å². The van der Waals surface area contributed by atoms with E-state index in [1.54, 1.807) is 0 Å². The standard InChI is InChI=1S/C12H13ClN4O4/c13-10-9(17(20)21)7(4-6-14-10)11(18)16-8-3-1-2-5-15-12(8)19/h4,6,8H,1-3,5H2,(H,15,19)(H,16,18). The van der Waals surface area contributed by atoms with Crippen LogP contribution in [-0.4, -0.2) is 34.3 Å². The average Bonchev–Trinajstić information content (AvgIpc) is 2.63. The summed E-state index contributed by atoms with van der Waals surface area (Å²) < 4.78 is 0. The van der Waals surface area contributed by atoms with Crippen molar-refractivity contribution in [3.63, 3.8) is 0 Å². The minimum Gasteiger partial charge on any atom is -0.354 e. The molecule has 0 spiro atoms. The first-order valence-electron chi connectivity index (χ1n) is 6.38. The van der Waals surface area contributed by atoms with Crippen molar-refractivity contribution in [1.29, 1.82) is 0 Å². The van der Waals surface area contributed by atoms with Crippen LogP contribution in [0.25, 0.3) is 0 Å². The summed E-state index contributed by atoms with van der Waals surface area (Å²) in [5.41, 5.74) is -0.775. The number of pyridine rings is 1. The highest BCUT2D eigenvalue weighted by molar-refractivity contribution is 6.32. The molecule has 2 N–H and O–H groups in total. The fourth-order valence-corrected chi connectivity index (χ4v) is 2.33. The number of halogens is 1. The molecule has 0 aromatic carbocycles. The Morgan fingerprint density at radius 3 is 3.00 bits per heavy atom. The maximum Gasteiger partial charge on any atom is 0.319 e. The van der Waals surface area contributed by atoms with Crippen molar-refractivity contribution in [2.45, 2.75) is 25.3 Å². The maximum atomic E-state index is 12.2. The summed E-state index contributed by atoms with van der Waals surface area (Å²) in [6.45, 7) is 0.562. The lowest BCUT2D eigenvalue weighted by atomic mass is 10.1. The van der Waals surface area contributed by atoms with Gasteiger partial charge < -0.3 is 10.6 Å². The molecule has 112 valence electrons. The van der Waals surface area contributed by atoms with Gasteiger partial charge in [-0.2, -0.15) is 0 Å². The number of amides is 2. The van der Waals surface area contributed by atoms with Crippen molar-refractivity contribution >= 4 is 29.1 Å². The van der Waals surface area contributed by atoms with Crippen molar-refractivity contribution in [3.05, 3.63) is 33.1 Å². The molecule has 0 radical (unpaired) electrons. The Hall–Kier alpha value is -2.22. The Labute approximate surface area is 125 Å². The zero-order valence-corrected chi connectivity index (χ0v) is 11.7. The first-order valence-corrected chi connectivity index (χ1v) is 6.76. The lowest BCUT2D eigenvalue weighted by Crippen LogP contribution is -2.45. The number of aromatic nitrogens is 1. The van der Waals surface area contributed by atoms with Gasteiger partial charge in [0.05, 0.1) is 4.92 Å². The summed E-state index contributed by atoms with van der Waals surface area (Å²) in [5, 5.41) is 15.8. The molecule has 0 saturated carbocycles.